The molecule has 1 rings (SSSR count). The summed E-state index contributed by atoms with van der Waals surface area (Å²) in [5.41, 5.74) is 5.92. The Bertz CT molecular complexity index is 215. The lowest BCUT2D eigenvalue weighted by atomic mass is 10.2. The molecule has 0 aliphatic carbocycles. The molecule has 0 radical (unpaired) electrons. The molecule has 0 aromatic carbocycles. The minimum Gasteiger partial charge on any atom is -0.375 e. The lowest BCUT2D eigenvalue weighted by molar-refractivity contribution is -0.0229. The first kappa shape index (κ1) is 11.3. The Balaban J connectivity index is 2.64. The molecule has 14 heavy (non-hydrogen) atoms. The van der Waals surface area contributed by atoms with Gasteiger partial charge in [0.25, 0.3) is 0 Å². The highest BCUT2D eigenvalue weighted by Crippen LogP contribution is 2.10. The third-order valence-electron chi connectivity index (χ3n) is 2.29. The zero-order valence-corrected chi connectivity index (χ0v) is 9.53. The average Bonchev–Trinajstić information content (AvgIpc) is 2.08. The van der Waals surface area contributed by atoms with Crippen LogP contribution in [0.1, 0.15) is 27.7 Å². The van der Waals surface area contributed by atoms with Crippen molar-refractivity contribution >= 4 is 5.96 Å². The Labute approximate surface area is 86.1 Å². The highest BCUT2D eigenvalue weighted by Gasteiger charge is 2.24. The van der Waals surface area contributed by atoms with Crippen LogP contribution in [0, 0.1) is 0 Å². The van der Waals surface area contributed by atoms with E-state index in [0.29, 0.717) is 12.0 Å². The molecule has 0 spiro atoms. The molecule has 0 aromatic rings. The van der Waals surface area contributed by atoms with Gasteiger partial charge in [0.1, 0.15) is 0 Å². The SMILES string of the molecule is CC(C)N=C(N)N1CC(C)OCC1C. The number of ether oxygens (including phenoxy) is 1. The lowest BCUT2D eigenvalue weighted by Crippen LogP contribution is -2.53. The molecular weight excluding hydrogens is 178 g/mol. The lowest BCUT2D eigenvalue weighted by Gasteiger charge is -2.37. The van der Waals surface area contributed by atoms with Crippen molar-refractivity contribution in [1.82, 2.24) is 4.90 Å². The average molecular weight is 199 g/mol. The van der Waals surface area contributed by atoms with Crippen molar-refractivity contribution in [3.8, 4) is 0 Å². The fraction of sp³-hybridized carbons (Fsp3) is 0.900. The van der Waals surface area contributed by atoms with Crippen LogP contribution in [0.3, 0.4) is 0 Å². The van der Waals surface area contributed by atoms with Gasteiger partial charge in [0.15, 0.2) is 5.96 Å². The number of hydrogen-bond acceptors (Lipinski definition) is 2. The summed E-state index contributed by atoms with van der Waals surface area (Å²) >= 11 is 0. The van der Waals surface area contributed by atoms with Crippen molar-refractivity contribution in [3.05, 3.63) is 0 Å². The van der Waals surface area contributed by atoms with E-state index in [9.17, 15) is 0 Å². The summed E-state index contributed by atoms with van der Waals surface area (Å²) in [5.74, 6) is 0.641. The van der Waals surface area contributed by atoms with Gasteiger partial charge in [0, 0.05) is 12.6 Å². The Hall–Kier alpha value is -0.770. The fourth-order valence-electron chi connectivity index (χ4n) is 1.56. The molecule has 1 heterocycles. The predicted molar refractivity (Wildman–Crippen MR) is 58.3 cm³/mol. The molecule has 2 N–H and O–H groups in total. The number of guanidine groups is 1. The molecule has 4 heteroatoms. The van der Waals surface area contributed by atoms with Crippen LogP contribution in [0.2, 0.25) is 0 Å². The Morgan fingerprint density at radius 2 is 2.14 bits per heavy atom. The van der Waals surface area contributed by atoms with E-state index in [1.165, 1.54) is 0 Å². The normalized spacial score (nSPS) is 29.8. The van der Waals surface area contributed by atoms with Gasteiger partial charge in [-0.3, -0.25) is 4.99 Å². The molecule has 2 unspecified atom stereocenters. The van der Waals surface area contributed by atoms with Gasteiger partial charge in [-0.25, -0.2) is 0 Å². The molecule has 1 aliphatic rings. The first-order chi connectivity index (χ1) is 6.50. The minimum absolute atomic E-state index is 0.243. The second kappa shape index (κ2) is 4.64. The predicted octanol–water partition coefficient (Wildman–Crippen LogP) is 0.819. The van der Waals surface area contributed by atoms with E-state index in [4.69, 9.17) is 10.5 Å². The number of morpholine rings is 1. The van der Waals surface area contributed by atoms with Gasteiger partial charge in [0.05, 0.1) is 18.8 Å². The third kappa shape index (κ3) is 2.87. The molecule has 0 aromatic heterocycles. The second-order valence-corrected chi connectivity index (χ2v) is 4.23. The Kier molecular flexibility index (Phi) is 3.75. The standard InChI is InChI=1S/C10H21N3O/c1-7(2)12-10(11)13-5-9(4)14-6-8(13)3/h7-9H,5-6H2,1-4H3,(H2,11,12). The number of nitrogens with two attached hydrogens (primary N) is 1. The fourth-order valence-corrected chi connectivity index (χ4v) is 1.56. The molecule has 0 amide bonds. The van der Waals surface area contributed by atoms with Gasteiger partial charge in [-0.2, -0.15) is 0 Å². The summed E-state index contributed by atoms with van der Waals surface area (Å²) in [6.45, 7) is 9.79. The topological polar surface area (TPSA) is 50.8 Å². The van der Waals surface area contributed by atoms with E-state index in [-0.39, 0.29) is 12.1 Å². The maximum absolute atomic E-state index is 5.92. The largest absolute Gasteiger partial charge is 0.375 e. The summed E-state index contributed by atoms with van der Waals surface area (Å²) in [5, 5.41) is 0. The van der Waals surface area contributed by atoms with Crippen LogP contribution in [0.15, 0.2) is 4.99 Å². The van der Waals surface area contributed by atoms with Gasteiger partial charge in [-0.15, -0.1) is 0 Å². The maximum Gasteiger partial charge on any atom is 0.191 e. The van der Waals surface area contributed by atoms with Gasteiger partial charge in [-0.05, 0) is 27.7 Å². The third-order valence-corrected chi connectivity index (χ3v) is 2.29. The van der Waals surface area contributed by atoms with Gasteiger partial charge < -0.3 is 15.4 Å². The molecule has 0 bridgehead atoms. The van der Waals surface area contributed by atoms with E-state index in [1.807, 2.05) is 13.8 Å². The van der Waals surface area contributed by atoms with E-state index in [0.717, 1.165) is 13.2 Å². The van der Waals surface area contributed by atoms with Crippen LogP contribution >= 0.6 is 0 Å². The van der Waals surface area contributed by atoms with Crippen LogP contribution < -0.4 is 5.73 Å². The Morgan fingerprint density at radius 1 is 1.50 bits per heavy atom. The summed E-state index contributed by atoms with van der Waals surface area (Å²) < 4.78 is 5.52. The molecule has 1 fully saturated rings. The highest BCUT2D eigenvalue weighted by molar-refractivity contribution is 5.78. The van der Waals surface area contributed by atoms with Crippen molar-refractivity contribution in [2.75, 3.05) is 13.2 Å². The monoisotopic (exact) mass is 199 g/mol. The number of hydrogen-bond donors (Lipinski definition) is 1. The van der Waals surface area contributed by atoms with Gasteiger partial charge in [0.2, 0.25) is 0 Å². The number of aliphatic imine (C=N–C) groups is 1. The van der Waals surface area contributed by atoms with E-state index >= 15 is 0 Å². The number of nitrogens with zero attached hydrogens (tertiary/aromatic N) is 2. The zero-order valence-electron chi connectivity index (χ0n) is 9.53. The van der Waals surface area contributed by atoms with Crippen LogP contribution in [0.4, 0.5) is 0 Å². The van der Waals surface area contributed by atoms with E-state index in [2.05, 4.69) is 23.7 Å². The minimum atomic E-state index is 0.243. The summed E-state index contributed by atoms with van der Waals surface area (Å²) in [6, 6.07) is 0.578. The van der Waals surface area contributed by atoms with Crippen LogP contribution in [-0.4, -0.2) is 42.2 Å². The van der Waals surface area contributed by atoms with E-state index in [1.54, 1.807) is 0 Å². The van der Waals surface area contributed by atoms with Crippen LogP contribution in [0.5, 0.6) is 0 Å². The smallest absolute Gasteiger partial charge is 0.191 e. The molecular formula is C10H21N3O. The molecule has 0 saturated carbocycles. The van der Waals surface area contributed by atoms with Crippen molar-refractivity contribution < 1.29 is 4.74 Å². The summed E-state index contributed by atoms with van der Waals surface area (Å²) in [6.07, 6.45) is 0.243. The molecule has 4 nitrogen and oxygen atoms in total. The summed E-state index contributed by atoms with van der Waals surface area (Å²) in [4.78, 5) is 6.47. The van der Waals surface area contributed by atoms with Crippen LogP contribution in [0.25, 0.3) is 0 Å². The molecule has 82 valence electrons. The van der Waals surface area contributed by atoms with Gasteiger partial charge in [-0.1, -0.05) is 0 Å². The van der Waals surface area contributed by atoms with Crippen molar-refractivity contribution in [2.45, 2.75) is 45.9 Å². The first-order valence-corrected chi connectivity index (χ1v) is 5.22. The second-order valence-electron chi connectivity index (χ2n) is 4.23. The van der Waals surface area contributed by atoms with E-state index < -0.39 is 0 Å². The van der Waals surface area contributed by atoms with Crippen molar-refractivity contribution in [3.63, 3.8) is 0 Å². The van der Waals surface area contributed by atoms with Crippen LogP contribution in [-0.2, 0) is 4.74 Å². The molecule has 1 saturated heterocycles. The Morgan fingerprint density at radius 3 is 2.71 bits per heavy atom. The van der Waals surface area contributed by atoms with Gasteiger partial charge >= 0.3 is 0 Å². The number of rotatable bonds is 1. The summed E-state index contributed by atoms with van der Waals surface area (Å²) in [7, 11) is 0. The van der Waals surface area contributed by atoms with Crippen molar-refractivity contribution in [2.24, 2.45) is 10.7 Å². The highest BCUT2D eigenvalue weighted by atomic mass is 16.5. The molecule has 2 atom stereocenters. The quantitative estimate of drug-likeness (QED) is 0.502. The van der Waals surface area contributed by atoms with Crippen molar-refractivity contribution in [1.29, 1.82) is 0 Å². The first-order valence-electron chi connectivity index (χ1n) is 5.22. The zero-order chi connectivity index (χ0) is 10.7. The molecule has 1 aliphatic heterocycles. The maximum atomic E-state index is 5.92.